The number of rotatable bonds is 10. The standard InChI is InChI=1S/C23H37N3O5/c1-3-30-23(28)26-12-8-19(9-13-26)24-15-18-6-7-21(22(14-18)29-2)31-17-20(27)16-25-10-4-5-11-25/h6-7,14,19-20,24,27H,3-5,8-13,15-17H2,1-2H3. The van der Waals surface area contributed by atoms with Gasteiger partial charge in [-0.2, -0.15) is 0 Å². The second-order valence-electron chi connectivity index (χ2n) is 8.30. The van der Waals surface area contributed by atoms with Crippen LogP contribution in [0.1, 0.15) is 38.2 Å². The van der Waals surface area contributed by atoms with Crippen molar-refractivity contribution in [3.05, 3.63) is 23.8 Å². The maximum absolute atomic E-state index is 11.8. The zero-order valence-corrected chi connectivity index (χ0v) is 18.8. The third kappa shape index (κ3) is 7.26. The molecule has 2 aliphatic rings. The highest BCUT2D eigenvalue weighted by Gasteiger charge is 2.23. The molecular weight excluding hydrogens is 398 g/mol. The molecule has 3 rings (SSSR count). The van der Waals surface area contributed by atoms with Crippen LogP contribution in [0.5, 0.6) is 11.5 Å². The summed E-state index contributed by atoms with van der Waals surface area (Å²) in [6, 6.07) is 6.27. The van der Waals surface area contributed by atoms with Crippen molar-refractivity contribution in [1.82, 2.24) is 15.1 Å². The van der Waals surface area contributed by atoms with Gasteiger partial charge in [0.05, 0.1) is 13.7 Å². The summed E-state index contributed by atoms with van der Waals surface area (Å²) in [4.78, 5) is 15.9. The number of carbonyl (C=O) groups is 1. The topological polar surface area (TPSA) is 83.5 Å². The van der Waals surface area contributed by atoms with Crippen LogP contribution >= 0.6 is 0 Å². The molecule has 2 N–H and O–H groups in total. The third-order valence-electron chi connectivity index (χ3n) is 5.94. The first kappa shape index (κ1) is 23.6. The van der Waals surface area contributed by atoms with Crippen molar-refractivity contribution in [2.45, 2.75) is 51.3 Å². The first-order valence-electron chi connectivity index (χ1n) is 11.4. The molecule has 0 saturated carbocycles. The van der Waals surface area contributed by atoms with Gasteiger partial charge in [0.2, 0.25) is 0 Å². The van der Waals surface area contributed by atoms with Gasteiger partial charge < -0.3 is 34.4 Å². The number of nitrogens with zero attached hydrogens (tertiary/aromatic N) is 2. The molecule has 1 atom stereocenters. The number of ether oxygens (including phenoxy) is 3. The number of amides is 1. The Hall–Kier alpha value is -2.03. The molecule has 1 aromatic carbocycles. The fourth-order valence-corrected chi connectivity index (χ4v) is 4.19. The van der Waals surface area contributed by atoms with Crippen LogP contribution in [-0.2, 0) is 11.3 Å². The van der Waals surface area contributed by atoms with Crippen LogP contribution in [0.3, 0.4) is 0 Å². The molecule has 8 heteroatoms. The first-order chi connectivity index (χ1) is 15.1. The second kappa shape index (κ2) is 12.1. The highest BCUT2D eigenvalue weighted by Crippen LogP contribution is 2.28. The molecule has 1 aromatic rings. The molecule has 1 amide bonds. The second-order valence-corrected chi connectivity index (χ2v) is 8.30. The Bertz CT molecular complexity index is 688. The number of likely N-dealkylation sites (tertiary alicyclic amines) is 2. The molecule has 0 aromatic heterocycles. The fraction of sp³-hybridized carbons (Fsp3) is 0.696. The molecular formula is C23H37N3O5. The number of β-amino-alcohol motifs (C(OH)–C–C–N with tert-alkyl or cyclic N) is 1. The number of benzene rings is 1. The normalized spacial score (nSPS) is 18.7. The van der Waals surface area contributed by atoms with Gasteiger partial charge in [-0.15, -0.1) is 0 Å². The molecule has 0 bridgehead atoms. The number of methoxy groups -OCH3 is 1. The third-order valence-corrected chi connectivity index (χ3v) is 5.94. The van der Waals surface area contributed by atoms with Gasteiger partial charge in [0.1, 0.15) is 12.7 Å². The average Bonchev–Trinajstić information content (AvgIpc) is 3.30. The zero-order chi connectivity index (χ0) is 22.1. The van der Waals surface area contributed by atoms with E-state index in [9.17, 15) is 9.90 Å². The smallest absolute Gasteiger partial charge is 0.409 e. The van der Waals surface area contributed by atoms with Crippen molar-refractivity contribution in [1.29, 1.82) is 0 Å². The summed E-state index contributed by atoms with van der Waals surface area (Å²) in [7, 11) is 1.63. The van der Waals surface area contributed by atoms with Gasteiger partial charge in [-0.05, 0) is 63.4 Å². The number of carbonyl (C=O) groups excluding carboxylic acids is 1. The van der Waals surface area contributed by atoms with E-state index in [-0.39, 0.29) is 12.7 Å². The van der Waals surface area contributed by atoms with E-state index < -0.39 is 6.10 Å². The number of aliphatic hydroxyl groups excluding tert-OH is 1. The molecule has 2 saturated heterocycles. The molecule has 1 unspecified atom stereocenters. The lowest BCUT2D eigenvalue weighted by molar-refractivity contribution is 0.0747. The van der Waals surface area contributed by atoms with E-state index in [1.165, 1.54) is 12.8 Å². The van der Waals surface area contributed by atoms with Crippen LogP contribution in [0.15, 0.2) is 18.2 Å². The lowest BCUT2D eigenvalue weighted by Gasteiger charge is -2.31. The molecule has 0 spiro atoms. The van der Waals surface area contributed by atoms with Crippen LogP contribution in [0, 0.1) is 0 Å². The number of aliphatic hydroxyl groups is 1. The molecule has 2 fully saturated rings. The monoisotopic (exact) mass is 435 g/mol. The Balaban J connectivity index is 1.42. The quantitative estimate of drug-likeness (QED) is 0.583. The zero-order valence-electron chi connectivity index (χ0n) is 18.8. The summed E-state index contributed by atoms with van der Waals surface area (Å²) in [5.74, 6) is 1.32. The highest BCUT2D eigenvalue weighted by atomic mass is 16.6. The summed E-state index contributed by atoms with van der Waals surface area (Å²) >= 11 is 0. The Labute approximate surface area is 185 Å². The lowest BCUT2D eigenvalue weighted by Crippen LogP contribution is -2.44. The number of hydrogen-bond acceptors (Lipinski definition) is 7. The van der Waals surface area contributed by atoms with Crippen molar-refractivity contribution >= 4 is 6.09 Å². The van der Waals surface area contributed by atoms with Crippen molar-refractivity contribution in [3.8, 4) is 11.5 Å². The average molecular weight is 436 g/mol. The number of nitrogens with one attached hydrogen (secondary N) is 1. The van der Waals surface area contributed by atoms with Crippen molar-refractivity contribution in [2.75, 3.05) is 53.0 Å². The summed E-state index contributed by atoms with van der Waals surface area (Å²) in [5, 5.41) is 13.8. The molecule has 2 aliphatic heterocycles. The fourth-order valence-electron chi connectivity index (χ4n) is 4.19. The van der Waals surface area contributed by atoms with Crippen LogP contribution in [0.4, 0.5) is 4.79 Å². The first-order valence-corrected chi connectivity index (χ1v) is 11.4. The maximum Gasteiger partial charge on any atom is 0.409 e. The summed E-state index contributed by atoms with van der Waals surface area (Å²) in [6.07, 6.45) is 3.51. The molecule has 2 heterocycles. The summed E-state index contributed by atoms with van der Waals surface area (Å²) < 4.78 is 16.4. The predicted molar refractivity (Wildman–Crippen MR) is 119 cm³/mol. The van der Waals surface area contributed by atoms with Gasteiger partial charge in [-0.25, -0.2) is 4.79 Å². The van der Waals surface area contributed by atoms with E-state index in [1.54, 1.807) is 12.0 Å². The van der Waals surface area contributed by atoms with Gasteiger partial charge in [0.15, 0.2) is 11.5 Å². The van der Waals surface area contributed by atoms with Gasteiger partial charge >= 0.3 is 6.09 Å². The molecule has 0 aliphatic carbocycles. The molecule has 0 radical (unpaired) electrons. The van der Waals surface area contributed by atoms with Crippen molar-refractivity contribution < 1.29 is 24.1 Å². The van der Waals surface area contributed by atoms with Crippen LogP contribution < -0.4 is 14.8 Å². The summed E-state index contributed by atoms with van der Waals surface area (Å²) in [6.45, 7) is 7.41. The van der Waals surface area contributed by atoms with E-state index in [0.29, 0.717) is 43.8 Å². The minimum absolute atomic E-state index is 0.216. The minimum Gasteiger partial charge on any atom is -0.493 e. The Kier molecular flexibility index (Phi) is 9.24. The van der Waals surface area contributed by atoms with Gasteiger partial charge in [0, 0.05) is 32.2 Å². The van der Waals surface area contributed by atoms with E-state index >= 15 is 0 Å². The largest absolute Gasteiger partial charge is 0.493 e. The van der Waals surface area contributed by atoms with E-state index in [0.717, 1.165) is 38.0 Å². The van der Waals surface area contributed by atoms with E-state index in [1.807, 2.05) is 25.1 Å². The molecule has 31 heavy (non-hydrogen) atoms. The van der Waals surface area contributed by atoms with Crippen molar-refractivity contribution in [3.63, 3.8) is 0 Å². The highest BCUT2D eigenvalue weighted by molar-refractivity contribution is 5.67. The molecule has 8 nitrogen and oxygen atoms in total. The number of piperidine rings is 1. The molecule has 174 valence electrons. The van der Waals surface area contributed by atoms with Crippen LogP contribution in [0.25, 0.3) is 0 Å². The Morgan fingerprint density at radius 1 is 1.19 bits per heavy atom. The minimum atomic E-state index is -0.510. The number of hydrogen-bond donors (Lipinski definition) is 2. The summed E-state index contributed by atoms with van der Waals surface area (Å²) in [5.41, 5.74) is 1.11. The van der Waals surface area contributed by atoms with Crippen molar-refractivity contribution in [2.24, 2.45) is 0 Å². The Morgan fingerprint density at radius 3 is 2.61 bits per heavy atom. The van der Waals surface area contributed by atoms with Crippen LogP contribution in [-0.4, -0.2) is 86.2 Å². The Morgan fingerprint density at radius 2 is 1.94 bits per heavy atom. The van der Waals surface area contributed by atoms with Gasteiger partial charge in [0.25, 0.3) is 0 Å². The van der Waals surface area contributed by atoms with Gasteiger partial charge in [-0.3, -0.25) is 0 Å². The van der Waals surface area contributed by atoms with Gasteiger partial charge in [-0.1, -0.05) is 6.07 Å². The maximum atomic E-state index is 11.8. The van der Waals surface area contributed by atoms with E-state index in [2.05, 4.69) is 10.2 Å². The SMILES string of the molecule is CCOC(=O)N1CCC(NCc2ccc(OCC(O)CN3CCCC3)c(OC)c2)CC1. The van der Waals surface area contributed by atoms with Crippen LogP contribution in [0.2, 0.25) is 0 Å². The predicted octanol–water partition coefficient (Wildman–Crippen LogP) is 2.24. The van der Waals surface area contributed by atoms with E-state index in [4.69, 9.17) is 14.2 Å². The lowest BCUT2D eigenvalue weighted by atomic mass is 10.0.